The number of carbonyl (C=O) groups excluding carboxylic acids is 1. The van der Waals surface area contributed by atoms with Crippen LogP contribution >= 0.6 is 11.6 Å². The SMILES string of the molecule is COc1ccc(S(=O)(=O)N(CC(=O)N2CCN(c3cccc(C)c3C)CC2)c2cc(Cl)ccc2OC)cc1OC. The van der Waals surface area contributed by atoms with E-state index in [0.29, 0.717) is 37.0 Å². The molecule has 3 aromatic rings. The fourth-order valence-electron chi connectivity index (χ4n) is 4.76. The van der Waals surface area contributed by atoms with Crippen LogP contribution in [0.3, 0.4) is 0 Å². The lowest BCUT2D eigenvalue weighted by atomic mass is 10.1. The summed E-state index contributed by atoms with van der Waals surface area (Å²) in [4.78, 5) is 17.5. The van der Waals surface area contributed by atoms with Gasteiger partial charge in [0.25, 0.3) is 10.0 Å². The number of aryl methyl sites for hydroxylation is 1. The van der Waals surface area contributed by atoms with Gasteiger partial charge >= 0.3 is 0 Å². The van der Waals surface area contributed by atoms with Gasteiger partial charge in [-0.2, -0.15) is 0 Å². The van der Waals surface area contributed by atoms with Gasteiger partial charge in [0, 0.05) is 43.0 Å². The molecular weight excluding hydrogens is 554 g/mol. The molecule has 1 aliphatic heterocycles. The number of nitrogens with zero attached hydrogens (tertiary/aromatic N) is 3. The summed E-state index contributed by atoms with van der Waals surface area (Å²) in [6.45, 7) is 5.94. The van der Waals surface area contributed by atoms with Crippen molar-refractivity contribution in [2.75, 3.05) is 63.3 Å². The van der Waals surface area contributed by atoms with E-state index in [1.807, 2.05) is 6.07 Å². The summed E-state index contributed by atoms with van der Waals surface area (Å²) >= 11 is 6.27. The van der Waals surface area contributed by atoms with Gasteiger partial charge in [0.15, 0.2) is 11.5 Å². The van der Waals surface area contributed by atoms with E-state index in [-0.39, 0.29) is 28.0 Å². The zero-order valence-electron chi connectivity index (χ0n) is 23.3. The Morgan fingerprint density at radius 1 is 0.875 bits per heavy atom. The summed E-state index contributed by atoms with van der Waals surface area (Å²) in [5.41, 5.74) is 3.73. The van der Waals surface area contributed by atoms with E-state index in [2.05, 4.69) is 30.9 Å². The Morgan fingerprint density at radius 2 is 1.52 bits per heavy atom. The summed E-state index contributed by atoms with van der Waals surface area (Å²) in [6, 6.07) is 15.1. The largest absolute Gasteiger partial charge is 0.495 e. The molecule has 1 heterocycles. The second-order valence-electron chi connectivity index (χ2n) is 9.43. The fraction of sp³-hybridized carbons (Fsp3) is 0.345. The van der Waals surface area contributed by atoms with Gasteiger partial charge in [0.1, 0.15) is 12.3 Å². The van der Waals surface area contributed by atoms with Gasteiger partial charge in [0.2, 0.25) is 5.91 Å². The number of rotatable bonds is 9. The Hall–Kier alpha value is -3.63. The molecule has 40 heavy (non-hydrogen) atoms. The lowest BCUT2D eigenvalue weighted by molar-refractivity contribution is -0.129. The molecular formula is C29H34ClN3O6S. The van der Waals surface area contributed by atoms with Gasteiger partial charge in [-0.25, -0.2) is 8.42 Å². The van der Waals surface area contributed by atoms with E-state index in [1.165, 1.54) is 56.7 Å². The number of carbonyl (C=O) groups is 1. The third-order valence-corrected chi connectivity index (χ3v) is 9.17. The predicted molar refractivity (Wildman–Crippen MR) is 157 cm³/mol. The second kappa shape index (κ2) is 12.3. The second-order valence-corrected chi connectivity index (χ2v) is 11.7. The number of amides is 1. The first kappa shape index (κ1) is 29.4. The van der Waals surface area contributed by atoms with Gasteiger partial charge in [-0.3, -0.25) is 9.10 Å². The van der Waals surface area contributed by atoms with Crippen LogP contribution in [0.2, 0.25) is 5.02 Å². The number of halogens is 1. The zero-order valence-corrected chi connectivity index (χ0v) is 24.9. The predicted octanol–water partition coefficient (Wildman–Crippen LogP) is 4.53. The molecule has 9 nitrogen and oxygen atoms in total. The number of hydrogen-bond donors (Lipinski definition) is 0. The van der Waals surface area contributed by atoms with Crippen LogP contribution in [0.1, 0.15) is 11.1 Å². The minimum atomic E-state index is -4.26. The quantitative estimate of drug-likeness (QED) is 0.363. The van der Waals surface area contributed by atoms with E-state index < -0.39 is 16.6 Å². The molecule has 0 N–H and O–H groups in total. The molecule has 1 fully saturated rings. The monoisotopic (exact) mass is 587 g/mol. The molecule has 0 saturated carbocycles. The minimum absolute atomic E-state index is 0.0697. The molecule has 0 aliphatic carbocycles. The van der Waals surface area contributed by atoms with Crippen molar-refractivity contribution in [3.05, 3.63) is 70.7 Å². The molecule has 11 heteroatoms. The van der Waals surface area contributed by atoms with Crippen LogP contribution in [0.25, 0.3) is 0 Å². The van der Waals surface area contributed by atoms with Crippen molar-refractivity contribution in [3.63, 3.8) is 0 Å². The molecule has 1 saturated heterocycles. The zero-order chi connectivity index (χ0) is 29.0. The maximum atomic E-state index is 14.1. The van der Waals surface area contributed by atoms with E-state index in [4.69, 9.17) is 25.8 Å². The van der Waals surface area contributed by atoms with Gasteiger partial charge < -0.3 is 24.0 Å². The number of methoxy groups -OCH3 is 3. The Balaban J connectivity index is 1.64. The molecule has 0 radical (unpaired) electrons. The molecule has 0 aromatic heterocycles. The molecule has 0 atom stereocenters. The fourth-order valence-corrected chi connectivity index (χ4v) is 6.36. The van der Waals surface area contributed by atoms with Crippen molar-refractivity contribution in [2.45, 2.75) is 18.7 Å². The van der Waals surface area contributed by atoms with Crippen molar-refractivity contribution in [2.24, 2.45) is 0 Å². The van der Waals surface area contributed by atoms with Crippen molar-refractivity contribution in [1.29, 1.82) is 0 Å². The maximum Gasteiger partial charge on any atom is 0.265 e. The number of benzene rings is 3. The molecule has 0 bridgehead atoms. The molecule has 3 aromatic carbocycles. The van der Waals surface area contributed by atoms with Crippen molar-refractivity contribution in [1.82, 2.24) is 4.90 Å². The lowest BCUT2D eigenvalue weighted by Crippen LogP contribution is -2.52. The average molecular weight is 588 g/mol. The number of piperazine rings is 1. The highest BCUT2D eigenvalue weighted by Crippen LogP contribution is 2.37. The highest BCUT2D eigenvalue weighted by Gasteiger charge is 2.33. The van der Waals surface area contributed by atoms with Crippen LogP contribution in [0, 0.1) is 13.8 Å². The van der Waals surface area contributed by atoms with E-state index >= 15 is 0 Å². The first-order valence-corrected chi connectivity index (χ1v) is 14.6. The van der Waals surface area contributed by atoms with Crippen LogP contribution in [0.5, 0.6) is 17.2 Å². The van der Waals surface area contributed by atoms with Crippen LogP contribution < -0.4 is 23.4 Å². The van der Waals surface area contributed by atoms with Gasteiger partial charge in [0.05, 0.1) is 31.9 Å². The molecule has 0 spiro atoms. The van der Waals surface area contributed by atoms with Gasteiger partial charge in [-0.05, 0) is 61.4 Å². The highest BCUT2D eigenvalue weighted by atomic mass is 35.5. The number of hydrogen-bond acceptors (Lipinski definition) is 7. The smallest absolute Gasteiger partial charge is 0.265 e. The van der Waals surface area contributed by atoms with Gasteiger partial charge in [-0.15, -0.1) is 0 Å². The van der Waals surface area contributed by atoms with E-state index in [1.54, 1.807) is 17.0 Å². The Kier molecular flexibility index (Phi) is 9.00. The minimum Gasteiger partial charge on any atom is -0.495 e. The maximum absolute atomic E-state index is 14.1. The number of ether oxygens (including phenoxy) is 3. The molecule has 4 rings (SSSR count). The van der Waals surface area contributed by atoms with E-state index in [9.17, 15) is 13.2 Å². The summed E-state index contributed by atoms with van der Waals surface area (Å²) in [7, 11) is 0.0653. The highest BCUT2D eigenvalue weighted by molar-refractivity contribution is 7.92. The Morgan fingerprint density at radius 3 is 2.17 bits per heavy atom. The van der Waals surface area contributed by atoms with Crippen LogP contribution in [-0.4, -0.2) is 73.3 Å². The van der Waals surface area contributed by atoms with Crippen LogP contribution in [-0.2, 0) is 14.8 Å². The third-order valence-electron chi connectivity index (χ3n) is 7.18. The average Bonchev–Trinajstić information content (AvgIpc) is 2.96. The third kappa shape index (κ3) is 5.93. The number of anilines is 2. The van der Waals surface area contributed by atoms with Crippen molar-refractivity contribution >= 4 is 38.9 Å². The molecule has 1 amide bonds. The summed E-state index contributed by atoms with van der Waals surface area (Å²) in [6.07, 6.45) is 0. The first-order valence-electron chi connectivity index (χ1n) is 12.8. The molecule has 0 unspecified atom stereocenters. The van der Waals surface area contributed by atoms with Crippen molar-refractivity contribution in [3.8, 4) is 17.2 Å². The number of sulfonamides is 1. The van der Waals surface area contributed by atoms with Crippen LogP contribution in [0.15, 0.2) is 59.5 Å². The molecule has 214 valence electrons. The lowest BCUT2D eigenvalue weighted by Gasteiger charge is -2.38. The standard InChI is InChI=1S/C29H34ClN3O6S/c1-20-7-6-8-24(21(20)2)31-13-15-32(16-14-31)29(34)19-33(25-17-22(30)9-11-26(25)37-3)40(35,36)23-10-12-27(38-4)28(18-23)39-5/h6-12,17-18H,13-16,19H2,1-5H3. The Labute approximate surface area is 240 Å². The normalized spacial score (nSPS) is 13.7. The topological polar surface area (TPSA) is 88.6 Å². The van der Waals surface area contributed by atoms with Gasteiger partial charge in [-0.1, -0.05) is 23.7 Å². The van der Waals surface area contributed by atoms with E-state index in [0.717, 1.165) is 9.99 Å². The van der Waals surface area contributed by atoms with Crippen LogP contribution in [0.4, 0.5) is 11.4 Å². The summed E-state index contributed by atoms with van der Waals surface area (Å²) < 4.78 is 45.2. The summed E-state index contributed by atoms with van der Waals surface area (Å²) in [5, 5.41) is 0.304. The Bertz CT molecular complexity index is 1490. The molecule has 1 aliphatic rings. The first-order chi connectivity index (χ1) is 19.1. The summed E-state index contributed by atoms with van der Waals surface area (Å²) in [5.74, 6) is 0.564. The van der Waals surface area contributed by atoms with Crippen molar-refractivity contribution < 1.29 is 27.4 Å².